The molecule has 0 bridgehead atoms. The van der Waals surface area contributed by atoms with Gasteiger partial charge in [-0.2, -0.15) is 0 Å². The number of aromatic nitrogens is 1. The molecule has 1 amide bonds. The molecule has 5 nitrogen and oxygen atoms in total. The van der Waals surface area contributed by atoms with Gasteiger partial charge in [-0.1, -0.05) is 11.6 Å². The number of halogens is 1. The average molecular weight is 257 g/mol. The molecule has 0 aliphatic carbocycles. The van der Waals surface area contributed by atoms with Crippen molar-refractivity contribution in [3.05, 3.63) is 23.0 Å². The van der Waals surface area contributed by atoms with Gasteiger partial charge < -0.3 is 14.6 Å². The first-order valence-corrected chi connectivity index (χ1v) is 5.70. The maximum atomic E-state index is 12.0. The van der Waals surface area contributed by atoms with Gasteiger partial charge in [0.25, 0.3) is 5.91 Å². The molecule has 2 heterocycles. The number of nitrogens with zero attached hydrogens (tertiary/aromatic N) is 1. The summed E-state index contributed by atoms with van der Waals surface area (Å²) in [5.74, 6) is -0.609. The minimum atomic E-state index is -0.259. The third-order valence-electron chi connectivity index (χ3n) is 2.89. The molecule has 1 aromatic rings. The molecule has 6 heteroatoms. The maximum Gasteiger partial charge on any atom is 0.310 e. The molecule has 1 fully saturated rings. The average Bonchev–Trinajstić information content (AvgIpc) is 2.95. The molecule has 17 heavy (non-hydrogen) atoms. The Hall–Kier alpha value is -1.49. The number of carbonyl (C=O) groups is 2. The van der Waals surface area contributed by atoms with Crippen LogP contribution in [-0.2, 0) is 9.53 Å². The Balaban J connectivity index is 2.01. The number of rotatable bonds is 2. The zero-order valence-corrected chi connectivity index (χ0v) is 10.2. The van der Waals surface area contributed by atoms with Crippen LogP contribution >= 0.6 is 11.6 Å². The van der Waals surface area contributed by atoms with Crippen LogP contribution in [0.25, 0.3) is 0 Å². The quantitative estimate of drug-likeness (QED) is 0.812. The Morgan fingerprint density at radius 2 is 2.35 bits per heavy atom. The monoisotopic (exact) mass is 256 g/mol. The smallest absolute Gasteiger partial charge is 0.310 e. The normalized spacial score (nSPS) is 19.4. The van der Waals surface area contributed by atoms with Gasteiger partial charge in [-0.3, -0.25) is 9.59 Å². The number of methoxy groups -OCH3 is 1. The second-order valence-corrected chi connectivity index (χ2v) is 4.43. The Morgan fingerprint density at radius 3 is 2.94 bits per heavy atom. The molecule has 1 unspecified atom stereocenters. The van der Waals surface area contributed by atoms with E-state index >= 15 is 0 Å². The van der Waals surface area contributed by atoms with Crippen LogP contribution in [0.5, 0.6) is 0 Å². The number of likely N-dealkylation sites (tertiary alicyclic amines) is 1. The van der Waals surface area contributed by atoms with Crippen LogP contribution < -0.4 is 0 Å². The number of carbonyl (C=O) groups excluding carboxylic acids is 2. The third kappa shape index (κ3) is 2.44. The fourth-order valence-corrected chi connectivity index (χ4v) is 2.13. The number of amides is 1. The van der Waals surface area contributed by atoms with Crippen LogP contribution in [-0.4, -0.2) is 42.0 Å². The summed E-state index contributed by atoms with van der Waals surface area (Å²) < 4.78 is 4.67. The first-order valence-electron chi connectivity index (χ1n) is 5.33. The van der Waals surface area contributed by atoms with Gasteiger partial charge in [-0.15, -0.1) is 0 Å². The van der Waals surface area contributed by atoms with Crippen LogP contribution in [0.4, 0.5) is 0 Å². The van der Waals surface area contributed by atoms with Gasteiger partial charge in [0.2, 0.25) is 0 Å². The molecule has 0 spiro atoms. The number of H-pyrrole nitrogens is 1. The van der Waals surface area contributed by atoms with Crippen molar-refractivity contribution in [1.82, 2.24) is 9.88 Å². The van der Waals surface area contributed by atoms with E-state index in [9.17, 15) is 9.59 Å². The summed E-state index contributed by atoms with van der Waals surface area (Å²) in [5, 5.41) is 0.497. The summed E-state index contributed by atoms with van der Waals surface area (Å²) in [4.78, 5) is 27.8. The predicted octanol–water partition coefficient (Wildman–Crippen LogP) is 1.30. The topological polar surface area (TPSA) is 62.4 Å². The summed E-state index contributed by atoms with van der Waals surface area (Å²) in [7, 11) is 1.36. The van der Waals surface area contributed by atoms with E-state index in [1.165, 1.54) is 7.11 Å². The number of hydrogen-bond donors (Lipinski definition) is 1. The van der Waals surface area contributed by atoms with E-state index in [1.807, 2.05) is 0 Å². The molecule has 0 saturated carbocycles. The number of hydrogen-bond acceptors (Lipinski definition) is 3. The van der Waals surface area contributed by atoms with Crippen LogP contribution in [0.2, 0.25) is 5.02 Å². The first-order chi connectivity index (χ1) is 8.11. The Labute approximate surface area is 104 Å². The maximum absolute atomic E-state index is 12.0. The lowest BCUT2D eigenvalue weighted by Gasteiger charge is -2.14. The van der Waals surface area contributed by atoms with Gasteiger partial charge in [0.1, 0.15) is 5.69 Å². The Morgan fingerprint density at radius 1 is 1.59 bits per heavy atom. The largest absolute Gasteiger partial charge is 0.469 e. The summed E-state index contributed by atoms with van der Waals surface area (Å²) in [6.45, 7) is 0.970. The SMILES string of the molecule is COC(=O)C1CCN(C(=O)c2cc(Cl)c[nH]2)C1. The van der Waals surface area contributed by atoms with E-state index in [0.29, 0.717) is 30.2 Å². The van der Waals surface area contributed by atoms with Crippen molar-refractivity contribution in [3.63, 3.8) is 0 Å². The van der Waals surface area contributed by atoms with Gasteiger partial charge in [0.15, 0.2) is 0 Å². The van der Waals surface area contributed by atoms with Crippen molar-refractivity contribution in [2.24, 2.45) is 5.92 Å². The lowest BCUT2D eigenvalue weighted by molar-refractivity contribution is -0.144. The van der Waals surface area contributed by atoms with Crippen molar-refractivity contribution in [1.29, 1.82) is 0 Å². The van der Waals surface area contributed by atoms with Crippen LogP contribution in [0.15, 0.2) is 12.3 Å². The summed E-state index contributed by atoms with van der Waals surface area (Å²) in [5.41, 5.74) is 0.445. The van der Waals surface area contributed by atoms with E-state index in [1.54, 1.807) is 17.2 Å². The van der Waals surface area contributed by atoms with Crippen molar-refractivity contribution in [2.45, 2.75) is 6.42 Å². The summed E-state index contributed by atoms with van der Waals surface area (Å²) >= 11 is 5.74. The highest BCUT2D eigenvalue weighted by molar-refractivity contribution is 6.30. The Bertz CT molecular complexity index is 444. The van der Waals surface area contributed by atoms with E-state index < -0.39 is 0 Å². The van der Waals surface area contributed by atoms with Crippen molar-refractivity contribution in [2.75, 3.05) is 20.2 Å². The number of nitrogens with one attached hydrogen (secondary N) is 1. The van der Waals surface area contributed by atoms with E-state index in [4.69, 9.17) is 11.6 Å². The highest BCUT2D eigenvalue weighted by atomic mass is 35.5. The van der Waals surface area contributed by atoms with Crippen molar-refractivity contribution < 1.29 is 14.3 Å². The zero-order valence-electron chi connectivity index (χ0n) is 9.40. The molecular formula is C11H13ClN2O3. The molecule has 1 aliphatic heterocycles. The van der Waals surface area contributed by atoms with E-state index in [2.05, 4.69) is 9.72 Å². The van der Waals surface area contributed by atoms with Crippen molar-refractivity contribution >= 4 is 23.5 Å². The summed E-state index contributed by atoms with van der Waals surface area (Å²) in [6, 6.07) is 1.58. The minimum Gasteiger partial charge on any atom is -0.469 e. The van der Waals surface area contributed by atoms with E-state index in [-0.39, 0.29) is 17.8 Å². The molecule has 2 rings (SSSR count). The predicted molar refractivity (Wildman–Crippen MR) is 61.8 cm³/mol. The van der Waals surface area contributed by atoms with Crippen LogP contribution in [0, 0.1) is 5.92 Å². The molecular weight excluding hydrogens is 244 g/mol. The summed E-state index contributed by atoms with van der Waals surface area (Å²) in [6.07, 6.45) is 2.20. The fourth-order valence-electron chi connectivity index (χ4n) is 1.97. The number of aromatic amines is 1. The molecule has 0 radical (unpaired) electrons. The lowest BCUT2D eigenvalue weighted by atomic mass is 10.1. The second kappa shape index (κ2) is 4.79. The lowest BCUT2D eigenvalue weighted by Crippen LogP contribution is -2.30. The molecule has 1 saturated heterocycles. The van der Waals surface area contributed by atoms with Gasteiger partial charge in [-0.05, 0) is 12.5 Å². The Kier molecular flexibility index (Phi) is 3.38. The van der Waals surface area contributed by atoms with Crippen LogP contribution in [0.1, 0.15) is 16.9 Å². The first kappa shape index (κ1) is 12.0. The second-order valence-electron chi connectivity index (χ2n) is 3.99. The zero-order chi connectivity index (χ0) is 12.4. The van der Waals surface area contributed by atoms with Gasteiger partial charge in [-0.25, -0.2) is 0 Å². The van der Waals surface area contributed by atoms with Crippen molar-refractivity contribution in [3.8, 4) is 0 Å². The fraction of sp³-hybridized carbons (Fsp3) is 0.455. The van der Waals surface area contributed by atoms with E-state index in [0.717, 1.165) is 0 Å². The van der Waals surface area contributed by atoms with Gasteiger partial charge in [0, 0.05) is 19.3 Å². The van der Waals surface area contributed by atoms with Gasteiger partial charge >= 0.3 is 5.97 Å². The third-order valence-corrected chi connectivity index (χ3v) is 3.11. The molecule has 1 N–H and O–H groups in total. The van der Waals surface area contributed by atoms with Gasteiger partial charge in [0.05, 0.1) is 18.1 Å². The highest BCUT2D eigenvalue weighted by Crippen LogP contribution is 2.20. The standard InChI is InChI=1S/C11H13ClN2O3/c1-17-11(16)7-2-3-14(6-7)10(15)9-4-8(12)5-13-9/h4-5,7,13H,2-3,6H2,1H3. The van der Waals surface area contributed by atoms with Crippen LogP contribution in [0.3, 0.4) is 0 Å². The number of esters is 1. The molecule has 1 atom stereocenters. The molecule has 1 aromatic heterocycles. The molecule has 1 aliphatic rings. The highest BCUT2D eigenvalue weighted by Gasteiger charge is 2.32. The minimum absolute atomic E-state index is 0.136. The molecule has 92 valence electrons. The molecule has 0 aromatic carbocycles. The number of ether oxygens (including phenoxy) is 1.